The molecule has 0 spiro atoms. The van der Waals surface area contributed by atoms with Gasteiger partial charge in [-0.05, 0) is 69.2 Å². The molecule has 1 saturated heterocycles. The van der Waals surface area contributed by atoms with Gasteiger partial charge in [-0.3, -0.25) is 4.79 Å². The Labute approximate surface area is 197 Å². The molecule has 0 aromatic rings. The Hall–Kier alpha value is -1.47. The predicted molar refractivity (Wildman–Crippen MR) is 127 cm³/mol. The maximum absolute atomic E-state index is 12.8. The summed E-state index contributed by atoms with van der Waals surface area (Å²) in [5.74, 6) is 1.97. The Balaban J connectivity index is 1.50. The molecule has 0 radical (unpaired) electrons. The Morgan fingerprint density at radius 1 is 1.12 bits per heavy atom. The number of nitrogens with zero attached hydrogens (tertiary/aromatic N) is 2. The van der Waals surface area contributed by atoms with Gasteiger partial charge in [-0.25, -0.2) is 0 Å². The molecule has 1 heterocycles. The number of fused-ring (bicyclic) bond motifs is 5. The molecular formula is C26H41N3O4. The largest absolute Gasteiger partial charge is 0.399 e. The highest BCUT2D eigenvalue weighted by atomic mass is 16.6. The molecule has 5 fully saturated rings. The van der Waals surface area contributed by atoms with E-state index in [9.17, 15) is 9.90 Å². The van der Waals surface area contributed by atoms with E-state index in [2.05, 4.69) is 24.3 Å². The average Bonchev–Trinajstić information content (AvgIpc) is 3.45. The minimum Gasteiger partial charge on any atom is -0.399 e. The molecule has 0 amide bonds. The molecular weight excluding hydrogens is 418 g/mol. The van der Waals surface area contributed by atoms with E-state index in [1.54, 1.807) is 7.11 Å². The van der Waals surface area contributed by atoms with Gasteiger partial charge in [0.1, 0.15) is 19.0 Å². The lowest BCUT2D eigenvalue weighted by Crippen LogP contribution is -2.61. The zero-order valence-corrected chi connectivity index (χ0v) is 20.5. The Bertz CT molecular complexity index is 822. The van der Waals surface area contributed by atoms with Gasteiger partial charge >= 0.3 is 0 Å². The normalized spacial score (nSPS) is 47.3. The van der Waals surface area contributed by atoms with Crippen molar-refractivity contribution < 1.29 is 19.6 Å². The second-order valence-electron chi connectivity index (χ2n) is 11.5. The van der Waals surface area contributed by atoms with Crippen LogP contribution < -0.4 is 5.32 Å². The lowest BCUT2D eigenvalue weighted by atomic mass is 9.42. The molecule has 8 atom stereocenters. The van der Waals surface area contributed by atoms with Crippen LogP contribution in [0.2, 0.25) is 0 Å². The molecule has 4 saturated carbocycles. The highest BCUT2D eigenvalue weighted by molar-refractivity contribution is 5.97. The molecule has 7 heteroatoms. The van der Waals surface area contributed by atoms with E-state index >= 15 is 0 Å². The molecule has 4 aliphatic carbocycles. The van der Waals surface area contributed by atoms with E-state index in [0.29, 0.717) is 30.0 Å². The SMILES string of the molecule is CCC1C(=NOC2CCNC2)CCC2(CO)C3CCC4(C)C(=O)CCC4C3CC(=NOC)C12. The minimum atomic E-state index is -0.220. The lowest BCUT2D eigenvalue weighted by molar-refractivity contribution is -0.136. The number of aliphatic hydroxyl groups excluding tert-OH is 1. The summed E-state index contributed by atoms with van der Waals surface area (Å²) >= 11 is 0. The van der Waals surface area contributed by atoms with Crippen molar-refractivity contribution in [3.8, 4) is 0 Å². The van der Waals surface area contributed by atoms with Crippen molar-refractivity contribution in [3.05, 3.63) is 0 Å². The van der Waals surface area contributed by atoms with Gasteiger partial charge in [-0.15, -0.1) is 0 Å². The molecule has 0 aromatic heterocycles. The molecule has 5 rings (SSSR count). The molecule has 5 aliphatic rings. The minimum absolute atomic E-state index is 0.118. The number of ketones is 1. The summed E-state index contributed by atoms with van der Waals surface area (Å²) < 4.78 is 0. The molecule has 8 unspecified atom stereocenters. The highest BCUT2D eigenvalue weighted by Crippen LogP contribution is 2.65. The summed E-state index contributed by atoms with van der Waals surface area (Å²) in [6.45, 7) is 6.42. The van der Waals surface area contributed by atoms with Crippen molar-refractivity contribution in [1.29, 1.82) is 0 Å². The van der Waals surface area contributed by atoms with Crippen LogP contribution in [0.5, 0.6) is 0 Å². The zero-order valence-electron chi connectivity index (χ0n) is 20.5. The van der Waals surface area contributed by atoms with Crippen molar-refractivity contribution in [2.75, 3.05) is 26.8 Å². The van der Waals surface area contributed by atoms with Gasteiger partial charge in [-0.2, -0.15) is 0 Å². The number of hydrogen-bond acceptors (Lipinski definition) is 7. The fourth-order valence-corrected chi connectivity index (χ4v) is 8.65. The summed E-state index contributed by atoms with van der Waals surface area (Å²) in [5, 5.41) is 23.7. The van der Waals surface area contributed by atoms with Gasteiger partial charge in [0.25, 0.3) is 0 Å². The van der Waals surface area contributed by atoms with Gasteiger partial charge < -0.3 is 20.1 Å². The van der Waals surface area contributed by atoms with Crippen LogP contribution in [-0.4, -0.2) is 55.2 Å². The van der Waals surface area contributed by atoms with Gasteiger partial charge in [0.05, 0.1) is 11.4 Å². The summed E-state index contributed by atoms with van der Waals surface area (Å²) in [6, 6.07) is 0. The fraction of sp³-hybridized carbons (Fsp3) is 0.885. The number of aliphatic hydroxyl groups is 1. The smallest absolute Gasteiger partial charge is 0.141 e. The van der Waals surface area contributed by atoms with E-state index in [4.69, 9.17) is 14.8 Å². The van der Waals surface area contributed by atoms with E-state index < -0.39 is 0 Å². The third-order valence-electron chi connectivity index (χ3n) is 10.3. The number of nitrogens with one attached hydrogen (secondary N) is 1. The second kappa shape index (κ2) is 8.95. The number of carbonyl (C=O) groups is 1. The quantitative estimate of drug-likeness (QED) is 0.614. The second-order valence-corrected chi connectivity index (χ2v) is 11.5. The number of Topliss-reactive ketones (excluding diaryl/α,β-unsaturated/α-hetero) is 1. The van der Waals surface area contributed by atoms with Crippen molar-refractivity contribution in [3.63, 3.8) is 0 Å². The summed E-state index contributed by atoms with van der Waals surface area (Å²) in [7, 11) is 1.62. The first-order valence-corrected chi connectivity index (χ1v) is 13.2. The zero-order chi connectivity index (χ0) is 23.2. The first-order chi connectivity index (χ1) is 16.0. The van der Waals surface area contributed by atoms with Crippen LogP contribution in [0.1, 0.15) is 71.6 Å². The van der Waals surface area contributed by atoms with Crippen molar-refractivity contribution in [1.82, 2.24) is 5.32 Å². The standard InChI is InChI=1S/C26H41N3O4/c1-4-17-21(29-33-16-9-12-27-14-16)8-11-26(15-30)20-7-10-25(2)19(5-6-23(25)31)18(20)13-22(24(17)26)28-32-3/h16-20,24,27,30H,4-15H2,1-3H3. The Morgan fingerprint density at radius 2 is 1.97 bits per heavy atom. The Kier molecular flexibility index (Phi) is 6.32. The van der Waals surface area contributed by atoms with Gasteiger partial charge in [-0.1, -0.05) is 24.2 Å². The molecule has 0 bridgehead atoms. The predicted octanol–water partition coefficient (Wildman–Crippen LogP) is 3.55. The molecule has 7 nitrogen and oxygen atoms in total. The van der Waals surface area contributed by atoms with Crippen LogP contribution in [-0.2, 0) is 14.5 Å². The maximum Gasteiger partial charge on any atom is 0.141 e. The van der Waals surface area contributed by atoms with E-state index in [0.717, 1.165) is 75.9 Å². The summed E-state index contributed by atoms with van der Waals surface area (Å²) in [5.41, 5.74) is 1.77. The first-order valence-electron chi connectivity index (χ1n) is 13.2. The van der Waals surface area contributed by atoms with Gasteiger partial charge in [0.15, 0.2) is 0 Å². The number of hydrogen-bond donors (Lipinski definition) is 2. The molecule has 2 N–H and O–H groups in total. The topological polar surface area (TPSA) is 92.5 Å². The first kappa shape index (κ1) is 23.3. The van der Waals surface area contributed by atoms with Crippen molar-refractivity contribution in [2.24, 2.45) is 50.7 Å². The van der Waals surface area contributed by atoms with Crippen molar-refractivity contribution in [2.45, 2.75) is 77.7 Å². The average molecular weight is 460 g/mol. The molecule has 1 aliphatic heterocycles. The van der Waals surface area contributed by atoms with Crippen molar-refractivity contribution >= 4 is 17.2 Å². The van der Waals surface area contributed by atoms with E-state index in [1.807, 2.05) is 0 Å². The van der Waals surface area contributed by atoms with E-state index in [1.165, 1.54) is 0 Å². The maximum atomic E-state index is 12.8. The van der Waals surface area contributed by atoms with Crippen LogP contribution in [0.4, 0.5) is 0 Å². The number of rotatable bonds is 5. The van der Waals surface area contributed by atoms with Gasteiger partial charge in [0, 0.05) is 48.7 Å². The van der Waals surface area contributed by atoms with E-state index in [-0.39, 0.29) is 35.4 Å². The monoisotopic (exact) mass is 459 g/mol. The molecule has 0 aromatic carbocycles. The van der Waals surface area contributed by atoms with Crippen LogP contribution in [0, 0.1) is 40.4 Å². The Morgan fingerprint density at radius 3 is 2.67 bits per heavy atom. The lowest BCUT2D eigenvalue weighted by Gasteiger charge is -2.61. The fourth-order valence-electron chi connectivity index (χ4n) is 8.65. The molecule has 33 heavy (non-hydrogen) atoms. The third-order valence-corrected chi connectivity index (χ3v) is 10.3. The van der Waals surface area contributed by atoms with Crippen LogP contribution in [0.25, 0.3) is 0 Å². The van der Waals surface area contributed by atoms with Crippen LogP contribution >= 0.6 is 0 Å². The van der Waals surface area contributed by atoms with Crippen LogP contribution in [0.15, 0.2) is 10.3 Å². The number of carbonyl (C=O) groups excluding carboxylic acids is 1. The number of oxime groups is 2. The summed E-state index contributed by atoms with van der Waals surface area (Å²) in [4.78, 5) is 24.2. The highest BCUT2D eigenvalue weighted by Gasteiger charge is 2.64. The van der Waals surface area contributed by atoms with Gasteiger partial charge in [0.2, 0.25) is 0 Å². The van der Waals surface area contributed by atoms with Crippen LogP contribution in [0.3, 0.4) is 0 Å². The summed E-state index contributed by atoms with van der Waals surface area (Å²) in [6.07, 6.45) is 8.39. The molecule has 184 valence electrons. The third kappa shape index (κ3) is 3.56.